The van der Waals surface area contributed by atoms with Crippen molar-refractivity contribution in [2.45, 2.75) is 5.92 Å². The van der Waals surface area contributed by atoms with Crippen molar-refractivity contribution in [2.75, 3.05) is 6.54 Å². The molecule has 0 spiro atoms. The monoisotopic (exact) mass is 386 g/mol. The van der Waals surface area contributed by atoms with Crippen LogP contribution in [-0.2, 0) is 4.79 Å². The van der Waals surface area contributed by atoms with E-state index < -0.39 is 17.8 Å². The summed E-state index contributed by atoms with van der Waals surface area (Å²) >= 11 is 0. The molecule has 7 nitrogen and oxygen atoms in total. The predicted molar refractivity (Wildman–Crippen MR) is 108 cm³/mol. The second-order valence-electron chi connectivity index (χ2n) is 6.50. The molecule has 2 aromatic carbocycles. The lowest BCUT2D eigenvalue weighted by molar-refractivity contribution is -0.138. The highest BCUT2D eigenvalue weighted by atomic mass is 16.4. The number of fused-ring (bicyclic) bond motifs is 1. The zero-order valence-electron chi connectivity index (χ0n) is 15.4. The van der Waals surface area contributed by atoms with E-state index in [4.69, 9.17) is 0 Å². The van der Waals surface area contributed by atoms with E-state index in [2.05, 4.69) is 15.4 Å². The van der Waals surface area contributed by atoms with Crippen molar-refractivity contribution >= 4 is 17.5 Å². The van der Waals surface area contributed by atoms with E-state index in [1.165, 1.54) is 6.20 Å². The molecule has 0 bridgehead atoms. The second kappa shape index (κ2) is 7.93. The Balaban J connectivity index is 1.59. The summed E-state index contributed by atoms with van der Waals surface area (Å²) in [5, 5.41) is 16.5. The zero-order valence-corrected chi connectivity index (χ0v) is 15.4. The maximum absolute atomic E-state index is 12.7. The summed E-state index contributed by atoms with van der Waals surface area (Å²) in [6, 6.07) is 20.3. The largest absolute Gasteiger partial charge is 0.481 e. The fourth-order valence-electron chi connectivity index (χ4n) is 3.20. The first kappa shape index (κ1) is 18.4. The number of benzene rings is 2. The minimum Gasteiger partial charge on any atom is -0.481 e. The van der Waals surface area contributed by atoms with Crippen LogP contribution in [0.1, 0.15) is 21.8 Å². The van der Waals surface area contributed by atoms with Gasteiger partial charge in [0.1, 0.15) is 5.56 Å². The van der Waals surface area contributed by atoms with E-state index in [0.717, 1.165) is 11.3 Å². The highest BCUT2D eigenvalue weighted by Gasteiger charge is 2.22. The molecule has 2 heterocycles. The van der Waals surface area contributed by atoms with Gasteiger partial charge in [0.05, 0.1) is 17.8 Å². The summed E-state index contributed by atoms with van der Waals surface area (Å²) in [4.78, 5) is 28.7. The van der Waals surface area contributed by atoms with Crippen LogP contribution in [-0.4, -0.2) is 38.1 Å². The molecule has 29 heavy (non-hydrogen) atoms. The number of carboxylic acids is 1. The Morgan fingerprint density at radius 2 is 1.69 bits per heavy atom. The molecule has 0 aliphatic heterocycles. The molecule has 1 atom stereocenters. The molecule has 4 rings (SSSR count). The van der Waals surface area contributed by atoms with Crippen molar-refractivity contribution < 1.29 is 14.7 Å². The molecule has 2 N–H and O–H groups in total. The van der Waals surface area contributed by atoms with E-state index in [0.29, 0.717) is 16.8 Å². The number of hydrogen-bond donors (Lipinski definition) is 2. The number of aliphatic carboxylic acids is 1. The van der Waals surface area contributed by atoms with Crippen molar-refractivity contribution in [3.8, 4) is 11.3 Å². The van der Waals surface area contributed by atoms with Crippen molar-refractivity contribution in [3.05, 3.63) is 90.3 Å². The number of nitrogens with one attached hydrogen (secondary N) is 1. The average molecular weight is 386 g/mol. The summed E-state index contributed by atoms with van der Waals surface area (Å²) in [5.41, 5.74) is 3.09. The minimum absolute atomic E-state index is 0.0338. The molecule has 0 saturated heterocycles. The van der Waals surface area contributed by atoms with Crippen LogP contribution in [0.4, 0.5) is 0 Å². The van der Waals surface area contributed by atoms with Gasteiger partial charge >= 0.3 is 5.97 Å². The predicted octanol–water partition coefficient (Wildman–Crippen LogP) is 2.99. The van der Waals surface area contributed by atoms with Crippen molar-refractivity contribution in [1.29, 1.82) is 0 Å². The average Bonchev–Trinajstić information content (AvgIpc) is 3.19. The lowest BCUT2D eigenvalue weighted by Gasteiger charge is -2.13. The van der Waals surface area contributed by atoms with E-state index >= 15 is 0 Å². The second-order valence-corrected chi connectivity index (χ2v) is 6.50. The Morgan fingerprint density at radius 1 is 1.00 bits per heavy atom. The lowest BCUT2D eigenvalue weighted by Crippen LogP contribution is -2.31. The molecule has 0 aliphatic rings. The van der Waals surface area contributed by atoms with E-state index in [9.17, 15) is 14.7 Å². The molecule has 1 amide bonds. The maximum atomic E-state index is 12.7. The third kappa shape index (κ3) is 3.70. The molecule has 2 aromatic heterocycles. The van der Waals surface area contributed by atoms with Gasteiger partial charge in [0.25, 0.3) is 5.91 Å². The number of carbonyl (C=O) groups excluding carboxylic acids is 1. The van der Waals surface area contributed by atoms with Crippen molar-refractivity contribution in [3.63, 3.8) is 0 Å². The highest BCUT2D eigenvalue weighted by molar-refractivity contribution is 6.00. The first-order chi connectivity index (χ1) is 14.1. The summed E-state index contributed by atoms with van der Waals surface area (Å²) in [7, 11) is 0. The standard InChI is InChI=1S/C22H18N4O3/c27-21(24-13-17(22(28)29)15-7-3-1-4-8-15)18-14-25-26-19(11-12-23-20(18)26)16-9-5-2-6-10-16/h1-12,14,17H,13H2,(H,24,27)(H,28,29). The number of hydrogen-bond acceptors (Lipinski definition) is 4. The molecule has 0 fully saturated rings. The number of rotatable bonds is 6. The van der Waals surface area contributed by atoms with Gasteiger partial charge in [-0.05, 0) is 11.6 Å². The smallest absolute Gasteiger partial charge is 0.312 e. The quantitative estimate of drug-likeness (QED) is 0.531. The normalized spacial score (nSPS) is 11.9. The lowest BCUT2D eigenvalue weighted by atomic mass is 9.99. The van der Waals surface area contributed by atoms with Gasteiger partial charge in [-0.3, -0.25) is 9.59 Å². The molecule has 0 saturated carbocycles. The first-order valence-corrected chi connectivity index (χ1v) is 9.09. The maximum Gasteiger partial charge on any atom is 0.312 e. The Hall–Kier alpha value is -4.00. The van der Waals surface area contributed by atoms with Gasteiger partial charge in [0, 0.05) is 18.3 Å². The third-order valence-electron chi connectivity index (χ3n) is 4.68. The van der Waals surface area contributed by atoms with Crippen LogP contribution in [0.2, 0.25) is 0 Å². The SMILES string of the molecule is O=C(NCC(C(=O)O)c1ccccc1)c1cnn2c(-c3ccccc3)ccnc12. The molecular formula is C22H18N4O3. The fourth-order valence-corrected chi connectivity index (χ4v) is 3.20. The van der Waals surface area contributed by atoms with Crippen LogP contribution in [0.3, 0.4) is 0 Å². The Morgan fingerprint density at radius 3 is 2.38 bits per heavy atom. The number of carbonyl (C=O) groups is 2. The summed E-state index contributed by atoms with van der Waals surface area (Å²) in [6.45, 7) is -0.0338. The van der Waals surface area contributed by atoms with Crippen LogP contribution >= 0.6 is 0 Å². The van der Waals surface area contributed by atoms with Crippen LogP contribution < -0.4 is 5.32 Å². The summed E-state index contributed by atoms with van der Waals surface area (Å²) in [5.74, 6) is -2.25. The van der Waals surface area contributed by atoms with Crippen LogP contribution in [0.25, 0.3) is 16.9 Å². The topological polar surface area (TPSA) is 96.6 Å². The molecule has 4 aromatic rings. The van der Waals surface area contributed by atoms with Gasteiger partial charge in [0.15, 0.2) is 5.65 Å². The molecule has 0 aliphatic carbocycles. The zero-order chi connectivity index (χ0) is 20.2. The number of aromatic nitrogens is 3. The van der Waals surface area contributed by atoms with Crippen LogP contribution in [0.15, 0.2) is 79.1 Å². The van der Waals surface area contributed by atoms with Crippen LogP contribution in [0, 0.1) is 0 Å². The fraction of sp³-hybridized carbons (Fsp3) is 0.0909. The third-order valence-corrected chi connectivity index (χ3v) is 4.68. The number of carboxylic acid groups (broad SMARTS) is 1. The van der Waals surface area contributed by atoms with E-state index in [-0.39, 0.29) is 6.54 Å². The Kier molecular flexibility index (Phi) is 5.03. The summed E-state index contributed by atoms with van der Waals surface area (Å²) in [6.07, 6.45) is 3.07. The minimum atomic E-state index is -0.999. The Bertz CT molecular complexity index is 1160. The van der Waals surface area contributed by atoms with E-state index in [1.54, 1.807) is 35.0 Å². The van der Waals surface area contributed by atoms with Gasteiger partial charge in [-0.2, -0.15) is 5.10 Å². The van der Waals surface area contributed by atoms with Gasteiger partial charge in [-0.25, -0.2) is 9.50 Å². The van der Waals surface area contributed by atoms with Gasteiger partial charge in [-0.1, -0.05) is 60.7 Å². The molecule has 7 heteroatoms. The first-order valence-electron chi connectivity index (χ1n) is 9.09. The number of nitrogens with zero attached hydrogens (tertiary/aromatic N) is 3. The molecule has 1 unspecified atom stereocenters. The molecular weight excluding hydrogens is 368 g/mol. The van der Waals surface area contributed by atoms with Crippen molar-refractivity contribution in [2.24, 2.45) is 0 Å². The van der Waals surface area contributed by atoms with Crippen molar-refractivity contribution in [1.82, 2.24) is 19.9 Å². The van der Waals surface area contributed by atoms with Crippen LogP contribution in [0.5, 0.6) is 0 Å². The van der Waals surface area contributed by atoms with Gasteiger partial charge < -0.3 is 10.4 Å². The van der Waals surface area contributed by atoms with Gasteiger partial charge in [-0.15, -0.1) is 0 Å². The van der Waals surface area contributed by atoms with Gasteiger partial charge in [0.2, 0.25) is 0 Å². The summed E-state index contributed by atoms with van der Waals surface area (Å²) < 4.78 is 1.61. The number of amides is 1. The van der Waals surface area contributed by atoms with E-state index in [1.807, 2.05) is 42.5 Å². The highest BCUT2D eigenvalue weighted by Crippen LogP contribution is 2.21. The molecule has 0 radical (unpaired) electrons. The molecule has 144 valence electrons. The Labute approximate surface area is 166 Å².